The molecule has 0 spiro atoms. The minimum atomic E-state index is -4.34. The molecule has 0 aliphatic heterocycles. The van der Waals surface area contributed by atoms with Gasteiger partial charge in [0, 0.05) is 29.1 Å². The first-order valence-corrected chi connectivity index (χ1v) is 11.8. The minimum Gasteiger partial charge on any atom is -0.340 e. The molecule has 176 valence electrons. The van der Waals surface area contributed by atoms with Crippen LogP contribution in [0.15, 0.2) is 66.7 Å². The summed E-state index contributed by atoms with van der Waals surface area (Å²) in [4.78, 5) is 0. The first-order valence-electron chi connectivity index (χ1n) is 11.8. The zero-order valence-corrected chi connectivity index (χ0v) is 19.3. The molecule has 0 fully saturated rings. The quantitative estimate of drug-likeness (QED) is 0.267. The van der Waals surface area contributed by atoms with Crippen LogP contribution in [-0.2, 0) is 19.1 Å². The summed E-state index contributed by atoms with van der Waals surface area (Å²) in [6.07, 6.45) is -1.42. The Labute approximate surface area is 197 Å². The summed E-state index contributed by atoms with van der Waals surface area (Å²) in [5.74, 6) is 0.306. The van der Waals surface area contributed by atoms with Crippen molar-refractivity contribution in [2.24, 2.45) is 0 Å². The predicted octanol–water partition coefficient (Wildman–Crippen LogP) is 8.44. The van der Waals surface area contributed by atoms with Gasteiger partial charge in [-0.3, -0.25) is 0 Å². The van der Waals surface area contributed by atoms with E-state index in [1.165, 1.54) is 34.3 Å². The highest BCUT2D eigenvalue weighted by molar-refractivity contribution is 5.88. The second-order valence-corrected chi connectivity index (χ2v) is 9.57. The summed E-state index contributed by atoms with van der Waals surface area (Å²) in [6.45, 7) is 4.86. The first-order chi connectivity index (χ1) is 16.2. The van der Waals surface area contributed by atoms with Gasteiger partial charge in [0.2, 0.25) is 0 Å². The molecule has 5 heteroatoms. The molecular weight excluding hydrogens is 438 g/mol. The largest absolute Gasteiger partial charge is 0.416 e. The highest BCUT2D eigenvalue weighted by atomic mass is 19.4. The average Bonchev–Trinajstić information content (AvgIpc) is 3.12. The zero-order valence-electron chi connectivity index (χ0n) is 19.3. The molecule has 1 aromatic heterocycles. The molecule has 1 unspecified atom stereocenters. The number of nitrogens with zero attached hydrogens (tertiary/aromatic N) is 1. The molecule has 1 atom stereocenters. The summed E-state index contributed by atoms with van der Waals surface area (Å²) in [6, 6.07) is 18.8. The molecular formula is C29H27F4N. The molecule has 1 aliphatic carbocycles. The van der Waals surface area contributed by atoms with Gasteiger partial charge >= 0.3 is 6.18 Å². The number of aromatic nitrogens is 1. The molecule has 1 heterocycles. The van der Waals surface area contributed by atoms with E-state index in [0.717, 1.165) is 48.0 Å². The Kier molecular flexibility index (Phi) is 5.75. The summed E-state index contributed by atoms with van der Waals surface area (Å²) >= 11 is 0. The Morgan fingerprint density at radius 2 is 1.65 bits per heavy atom. The maximum atomic E-state index is 13.6. The van der Waals surface area contributed by atoms with Crippen molar-refractivity contribution in [3.8, 4) is 0 Å². The van der Waals surface area contributed by atoms with Gasteiger partial charge < -0.3 is 4.57 Å². The van der Waals surface area contributed by atoms with E-state index in [-0.39, 0.29) is 11.7 Å². The second kappa shape index (κ2) is 8.61. The first kappa shape index (κ1) is 22.7. The van der Waals surface area contributed by atoms with E-state index < -0.39 is 11.7 Å². The van der Waals surface area contributed by atoms with Crippen LogP contribution in [0.5, 0.6) is 0 Å². The highest BCUT2D eigenvalue weighted by Gasteiger charge is 2.31. The third kappa shape index (κ3) is 4.13. The maximum Gasteiger partial charge on any atom is 0.416 e. The normalized spacial score (nSPS) is 16.3. The van der Waals surface area contributed by atoms with Crippen molar-refractivity contribution in [1.82, 2.24) is 4.57 Å². The Bertz CT molecular complexity index is 1310. The van der Waals surface area contributed by atoms with Crippen molar-refractivity contribution in [3.05, 3.63) is 106 Å². The van der Waals surface area contributed by atoms with Crippen LogP contribution < -0.4 is 0 Å². The Morgan fingerprint density at radius 3 is 2.29 bits per heavy atom. The third-order valence-electron chi connectivity index (χ3n) is 7.05. The van der Waals surface area contributed by atoms with E-state index in [4.69, 9.17) is 0 Å². The molecule has 0 saturated heterocycles. The molecule has 0 bridgehead atoms. The van der Waals surface area contributed by atoms with E-state index in [1.54, 1.807) is 12.1 Å². The Hall–Kier alpha value is -3.08. The van der Waals surface area contributed by atoms with Crippen LogP contribution in [0.4, 0.5) is 17.6 Å². The average molecular weight is 466 g/mol. The van der Waals surface area contributed by atoms with E-state index in [1.807, 2.05) is 12.1 Å². The summed E-state index contributed by atoms with van der Waals surface area (Å²) in [5.41, 5.74) is 6.18. The fourth-order valence-electron chi connectivity index (χ4n) is 5.28. The van der Waals surface area contributed by atoms with Gasteiger partial charge in [0.25, 0.3) is 0 Å². The van der Waals surface area contributed by atoms with Gasteiger partial charge in [-0.25, -0.2) is 4.39 Å². The lowest BCUT2D eigenvalue weighted by Crippen LogP contribution is -2.14. The van der Waals surface area contributed by atoms with Crippen molar-refractivity contribution >= 4 is 10.9 Å². The number of rotatable bonds is 4. The van der Waals surface area contributed by atoms with Crippen LogP contribution in [0, 0.1) is 5.82 Å². The van der Waals surface area contributed by atoms with E-state index in [2.05, 4.69) is 36.6 Å². The molecule has 0 radical (unpaired) electrons. The number of alkyl halides is 3. The number of hydrogen-bond acceptors (Lipinski definition) is 0. The van der Waals surface area contributed by atoms with Crippen molar-refractivity contribution in [1.29, 1.82) is 0 Å². The highest BCUT2D eigenvalue weighted by Crippen LogP contribution is 2.43. The van der Waals surface area contributed by atoms with E-state index >= 15 is 0 Å². The molecule has 0 saturated carbocycles. The van der Waals surface area contributed by atoms with Crippen LogP contribution in [0.1, 0.15) is 72.0 Å². The zero-order chi connectivity index (χ0) is 24.0. The van der Waals surface area contributed by atoms with Gasteiger partial charge in [-0.2, -0.15) is 13.2 Å². The number of benzene rings is 3. The van der Waals surface area contributed by atoms with Crippen LogP contribution in [0.25, 0.3) is 10.9 Å². The van der Waals surface area contributed by atoms with Crippen molar-refractivity contribution < 1.29 is 17.6 Å². The Morgan fingerprint density at radius 1 is 0.941 bits per heavy atom. The molecule has 4 aromatic rings. The van der Waals surface area contributed by atoms with Gasteiger partial charge in [-0.05, 0) is 83.8 Å². The fourth-order valence-corrected chi connectivity index (χ4v) is 5.28. The van der Waals surface area contributed by atoms with Crippen molar-refractivity contribution in [2.45, 2.75) is 57.7 Å². The van der Waals surface area contributed by atoms with E-state index in [0.29, 0.717) is 12.5 Å². The topological polar surface area (TPSA) is 4.93 Å². The van der Waals surface area contributed by atoms with E-state index in [9.17, 15) is 17.6 Å². The Balaban J connectivity index is 1.65. The smallest absolute Gasteiger partial charge is 0.340 e. The lowest BCUT2D eigenvalue weighted by atomic mass is 9.80. The molecule has 1 aliphatic rings. The van der Waals surface area contributed by atoms with Gasteiger partial charge in [0.1, 0.15) is 5.82 Å². The second-order valence-electron chi connectivity index (χ2n) is 9.57. The molecule has 3 aromatic carbocycles. The van der Waals surface area contributed by atoms with Gasteiger partial charge in [0.05, 0.1) is 5.56 Å². The summed E-state index contributed by atoms with van der Waals surface area (Å²) in [5, 5.41) is 1.20. The molecule has 5 rings (SSSR count). The van der Waals surface area contributed by atoms with Crippen LogP contribution >= 0.6 is 0 Å². The summed E-state index contributed by atoms with van der Waals surface area (Å²) in [7, 11) is 0. The predicted molar refractivity (Wildman–Crippen MR) is 128 cm³/mol. The lowest BCUT2D eigenvalue weighted by molar-refractivity contribution is -0.137. The molecule has 0 amide bonds. The van der Waals surface area contributed by atoms with Gasteiger partial charge in [0.15, 0.2) is 0 Å². The third-order valence-corrected chi connectivity index (χ3v) is 7.05. The molecule has 1 nitrogen and oxygen atoms in total. The van der Waals surface area contributed by atoms with Crippen molar-refractivity contribution in [2.75, 3.05) is 0 Å². The SMILES string of the molecule is CC(C)c1ccc2c(c1)c1c(n2Cc2ccc(C(F)(F)F)cc2)CCCC1c1ccc(F)cc1. The standard InChI is InChI=1S/C29H27F4N/c1-18(2)21-10-15-26-25(16-21)28-24(20-8-13-23(30)14-9-20)4-3-5-27(28)34(26)17-19-6-11-22(12-7-19)29(31,32)33/h6-16,18,24H,3-5,17H2,1-2H3. The lowest BCUT2D eigenvalue weighted by Gasteiger charge is -2.25. The molecule has 34 heavy (non-hydrogen) atoms. The number of halogens is 4. The summed E-state index contributed by atoms with van der Waals surface area (Å²) < 4.78 is 55.0. The maximum absolute atomic E-state index is 13.6. The minimum absolute atomic E-state index is 0.170. The fraction of sp³-hybridized carbons (Fsp3) is 0.310. The van der Waals surface area contributed by atoms with Gasteiger partial charge in [-0.15, -0.1) is 0 Å². The van der Waals surface area contributed by atoms with Crippen LogP contribution in [0.2, 0.25) is 0 Å². The molecule has 0 N–H and O–H groups in total. The monoisotopic (exact) mass is 465 g/mol. The number of hydrogen-bond donors (Lipinski definition) is 0. The van der Waals surface area contributed by atoms with Crippen LogP contribution in [0.3, 0.4) is 0 Å². The van der Waals surface area contributed by atoms with Crippen molar-refractivity contribution in [3.63, 3.8) is 0 Å². The number of fused-ring (bicyclic) bond motifs is 3. The van der Waals surface area contributed by atoms with Crippen LogP contribution in [-0.4, -0.2) is 4.57 Å². The van der Waals surface area contributed by atoms with Gasteiger partial charge in [-0.1, -0.05) is 44.2 Å².